The van der Waals surface area contributed by atoms with Gasteiger partial charge in [-0.15, -0.1) is 5.11 Å². The van der Waals surface area contributed by atoms with Gasteiger partial charge in [-0.25, -0.2) is 0 Å². The van der Waals surface area contributed by atoms with Gasteiger partial charge in [0.25, 0.3) is 5.69 Å². The van der Waals surface area contributed by atoms with Crippen molar-refractivity contribution in [2.75, 3.05) is 58.9 Å². The molecule has 1 N–H and O–H groups in total. The van der Waals surface area contributed by atoms with E-state index in [0.29, 0.717) is 11.4 Å². The molecule has 0 aromatic heterocycles. The van der Waals surface area contributed by atoms with Crippen LogP contribution in [-0.4, -0.2) is 73.2 Å². The lowest BCUT2D eigenvalue weighted by Crippen LogP contribution is -2.68. The molecule has 2 aromatic carbocycles. The molecule has 5 rings (SSSR count). The van der Waals surface area contributed by atoms with Gasteiger partial charge < -0.3 is 9.80 Å². The van der Waals surface area contributed by atoms with E-state index in [0.717, 1.165) is 25.1 Å². The number of rotatable bonds is 9. The van der Waals surface area contributed by atoms with Crippen LogP contribution in [0.25, 0.3) is 0 Å². The number of piperazine rings is 3. The number of nitro groups is 1. The first kappa shape index (κ1) is 23.0. The average molecular weight is 449 g/mol. The van der Waals surface area contributed by atoms with Gasteiger partial charge >= 0.3 is 0 Å². The Morgan fingerprint density at radius 1 is 1.09 bits per heavy atom. The molecule has 0 radical (unpaired) electrons. The fourth-order valence-corrected chi connectivity index (χ4v) is 4.65. The van der Waals surface area contributed by atoms with Gasteiger partial charge in [0.1, 0.15) is 11.8 Å². The highest BCUT2D eigenvalue weighted by Crippen LogP contribution is 2.27. The van der Waals surface area contributed by atoms with Crippen LogP contribution >= 0.6 is 0 Å². The van der Waals surface area contributed by atoms with Gasteiger partial charge in [-0.2, -0.15) is 10.4 Å². The van der Waals surface area contributed by atoms with Crippen molar-refractivity contribution in [2.24, 2.45) is 10.2 Å². The average Bonchev–Trinajstić information content (AvgIpc) is 2.84. The Morgan fingerprint density at radius 3 is 2.45 bits per heavy atom. The first-order valence-corrected chi connectivity index (χ1v) is 11.5. The van der Waals surface area contributed by atoms with E-state index in [1.807, 2.05) is 19.1 Å². The number of non-ortho nitro benzene ring substituents is 1. The minimum atomic E-state index is -0.531. The Balaban J connectivity index is 1.28. The Bertz CT molecular complexity index is 1070. The molecule has 172 valence electrons. The Morgan fingerprint density at radius 2 is 1.79 bits per heavy atom. The summed E-state index contributed by atoms with van der Waals surface area (Å²) in [5.41, 5.74) is 3.27. The van der Waals surface area contributed by atoms with Crippen LogP contribution in [0.2, 0.25) is 0 Å². The molecule has 0 atom stereocenters. The van der Waals surface area contributed by atoms with E-state index < -0.39 is 4.92 Å². The summed E-state index contributed by atoms with van der Waals surface area (Å²) >= 11 is 0. The highest BCUT2D eigenvalue weighted by molar-refractivity contribution is 5.58. The number of hydrogen-bond acceptors (Lipinski definition) is 7. The normalized spacial score (nSPS) is 21.9. The van der Waals surface area contributed by atoms with Crippen LogP contribution in [0.4, 0.5) is 17.1 Å². The van der Waals surface area contributed by atoms with Crippen LogP contribution in [0.3, 0.4) is 0 Å². The zero-order valence-corrected chi connectivity index (χ0v) is 19.0. The van der Waals surface area contributed by atoms with Crippen molar-refractivity contribution in [3.05, 3.63) is 63.2 Å². The fraction of sp³-hybridized carbons (Fsp3) is 0.458. The van der Waals surface area contributed by atoms with Gasteiger partial charge in [0, 0.05) is 38.3 Å². The Kier molecular flexibility index (Phi) is 7.08. The Hall–Kier alpha value is -3.19. The van der Waals surface area contributed by atoms with Gasteiger partial charge in [-0.3, -0.25) is 15.0 Å². The summed E-state index contributed by atoms with van der Waals surface area (Å²) in [7, 11) is 0. The number of quaternary nitrogens is 1. The van der Waals surface area contributed by atoms with Gasteiger partial charge in [-0.1, -0.05) is 12.1 Å². The monoisotopic (exact) mass is 448 g/mol. The summed E-state index contributed by atoms with van der Waals surface area (Å²) in [6, 6.07) is 12.0. The summed E-state index contributed by atoms with van der Waals surface area (Å²) in [6.45, 7) is 12.9. The molecular weight excluding hydrogens is 418 g/mol. The number of nitro benzene ring substituents is 1. The van der Waals surface area contributed by atoms with Crippen LogP contribution in [0.15, 0.2) is 46.6 Å². The second-order valence-corrected chi connectivity index (χ2v) is 8.97. The van der Waals surface area contributed by atoms with Gasteiger partial charge in [0.2, 0.25) is 0 Å². The standard InChI is InChI=1S/C24H30N7O2/c1-19-16-20(6-7-26-8-12-31-13-9-29(10-14-31)11-15-31)2-4-23(19)27-28-24-5-3-22(30(32)33)17-21(24)18-25/h2-5,16-17,26H,6-15H2,1H3/q+1. The molecule has 0 spiro atoms. The van der Waals surface area contributed by atoms with Gasteiger partial charge in [0.15, 0.2) is 0 Å². The smallest absolute Gasteiger partial charge is 0.270 e. The molecule has 2 bridgehead atoms. The molecule has 0 unspecified atom stereocenters. The van der Waals surface area contributed by atoms with E-state index >= 15 is 0 Å². The lowest BCUT2D eigenvalue weighted by atomic mass is 10.1. The van der Waals surface area contributed by atoms with Crippen molar-refractivity contribution in [1.29, 1.82) is 5.26 Å². The van der Waals surface area contributed by atoms with Crippen molar-refractivity contribution in [3.63, 3.8) is 0 Å². The number of nitrogens with one attached hydrogen (secondary N) is 1. The number of hydrogen-bond donors (Lipinski definition) is 1. The molecule has 3 saturated heterocycles. The number of nitriles is 1. The second kappa shape index (κ2) is 10.2. The predicted molar refractivity (Wildman–Crippen MR) is 126 cm³/mol. The zero-order valence-electron chi connectivity index (χ0n) is 19.0. The number of nitrogens with zero attached hydrogens (tertiary/aromatic N) is 6. The van der Waals surface area contributed by atoms with Gasteiger partial charge in [0.05, 0.1) is 42.4 Å². The van der Waals surface area contributed by atoms with E-state index in [-0.39, 0.29) is 11.3 Å². The van der Waals surface area contributed by atoms with E-state index in [2.05, 4.69) is 32.6 Å². The van der Waals surface area contributed by atoms with Crippen LogP contribution in [0, 0.1) is 28.4 Å². The number of aryl methyl sites for hydroxylation is 1. The number of benzene rings is 2. The zero-order chi connectivity index (χ0) is 23.3. The molecule has 0 saturated carbocycles. The predicted octanol–water partition coefficient (Wildman–Crippen LogP) is 3.47. The highest BCUT2D eigenvalue weighted by Gasteiger charge is 2.37. The number of fused-ring (bicyclic) bond motifs is 3. The molecule has 9 nitrogen and oxygen atoms in total. The SMILES string of the molecule is Cc1cc(CCNCC[N+]23CCN(CC2)CC3)ccc1N=Nc1ccc([N+](=O)[O-])cc1C#N. The highest BCUT2D eigenvalue weighted by atomic mass is 16.6. The van der Waals surface area contributed by atoms with Crippen LogP contribution in [0.5, 0.6) is 0 Å². The summed E-state index contributed by atoms with van der Waals surface area (Å²) in [5.74, 6) is 0. The quantitative estimate of drug-likeness (QED) is 0.208. The molecule has 0 amide bonds. The van der Waals surface area contributed by atoms with E-state index in [9.17, 15) is 15.4 Å². The summed E-state index contributed by atoms with van der Waals surface area (Å²) in [5, 5.41) is 32.2. The molecule has 2 aromatic rings. The molecular formula is C24H30N7O2+. The molecule has 3 aliphatic rings. The van der Waals surface area contributed by atoms with Crippen molar-refractivity contribution in [3.8, 4) is 6.07 Å². The fourth-order valence-electron chi connectivity index (χ4n) is 4.65. The maximum absolute atomic E-state index is 10.9. The van der Waals surface area contributed by atoms with Gasteiger partial charge in [-0.05, 0) is 43.1 Å². The van der Waals surface area contributed by atoms with Crippen molar-refractivity contribution in [2.45, 2.75) is 13.3 Å². The second-order valence-electron chi connectivity index (χ2n) is 8.97. The Labute approximate surface area is 194 Å². The van der Waals surface area contributed by atoms with E-state index in [4.69, 9.17) is 0 Å². The lowest BCUT2D eigenvalue weighted by Gasteiger charge is -2.50. The molecule has 0 aliphatic carbocycles. The molecule has 3 fully saturated rings. The summed E-state index contributed by atoms with van der Waals surface area (Å²) in [4.78, 5) is 12.9. The first-order chi connectivity index (χ1) is 16.0. The summed E-state index contributed by atoms with van der Waals surface area (Å²) in [6.07, 6.45) is 0.951. The molecule has 3 aliphatic heterocycles. The maximum Gasteiger partial charge on any atom is 0.270 e. The third-order valence-electron chi connectivity index (χ3n) is 6.86. The van der Waals surface area contributed by atoms with E-state index in [1.165, 1.54) is 74.1 Å². The minimum Gasteiger partial charge on any atom is -0.319 e. The largest absolute Gasteiger partial charge is 0.319 e. The number of azo groups is 1. The van der Waals surface area contributed by atoms with Crippen molar-refractivity contribution >= 4 is 17.1 Å². The molecule has 3 heterocycles. The summed E-state index contributed by atoms with van der Waals surface area (Å²) < 4.78 is 1.28. The maximum atomic E-state index is 10.9. The first-order valence-electron chi connectivity index (χ1n) is 11.5. The van der Waals surface area contributed by atoms with E-state index in [1.54, 1.807) is 0 Å². The third kappa shape index (κ3) is 5.60. The van der Waals surface area contributed by atoms with Crippen LogP contribution in [-0.2, 0) is 6.42 Å². The van der Waals surface area contributed by atoms with Crippen LogP contribution < -0.4 is 5.32 Å². The topological polar surface area (TPSA) is 107 Å². The lowest BCUT2D eigenvalue weighted by molar-refractivity contribution is -0.939. The van der Waals surface area contributed by atoms with Crippen molar-refractivity contribution < 1.29 is 9.41 Å². The molecule has 33 heavy (non-hydrogen) atoms. The molecule has 9 heteroatoms. The van der Waals surface area contributed by atoms with Crippen molar-refractivity contribution in [1.82, 2.24) is 10.2 Å². The van der Waals surface area contributed by atoms with Crippen LogP contribution in [0.1, 0.15) is 16.7 Å². The third-order valence-corrected chi connectivity index (χ3v) is 6.86. The minimum absolute atomic E-state index is 0.130.